The third-order valence-electron chi connectivity index (χ3n) is 4.30. The van der Waals surface area contributed by atoms with Crippen LogP contribution < -0.4 is 4.90 Å². The van der Waals surface area contributed by atoms with Crippen LogP contribution in [0, 0.1) is 13.8 Å². The number of carbonyl (C=O) groups is 1. The number of ether oxygens (including phenoxy) is 1. The third kappa shape index (κ3) is 3.90. The Hall–Kier alpha value is -1.89. The number of amides is 2. The van der Waals surface area contributed by atoms with Crippen LogP contribution in [0.15, 0.2) is 6.07 Å². The Morgan fingerprint density at radius 2 is 1.61 bits per heavy atom. The molecule has 2 aliphatic rings. The highest BCUT2D eigenvalue weighted by molar-refractivity contribution is 5.74. The number of aryl methyl sites for hydroxylation is 2. The van der Waals surface area contributed by atoms with Crippen molar-refractivity contribution >= 4 is 12.0 Å². The Balaban J connectivity index is 1.63. The molecule has 0 aliphatic carbocycles. The van der Waals surface area contributed by atoms with Crippen LogP contribution in [0.3, 0.4) is 0 Å². The Kier molecular flexibility index (Phi) is 4.95. The van der Waals surface area contributed by atoms with Gasteiger partial charge in [0, 0.05) is 50.7 Å². The summed E-state index contributed by atoms with van der Waals surface area (Å²) >= 11 is 0. The van der Waals surface area contributed by atoms with Gasteiger partial charge in [0.25, 0.3) is 0 Å². The standard InChI is InChI=1S/C16H25N5O2/c1-13-12-14(2)18-15(17-13)19-4-3-5-20(7-6-19)16(22)21-8-10-23-11-9-21/h12H,3-11H2,1-2H3. The van der Waals surface area contributed by atoms with Crippen molar-refractivity contribution < 1.29 is 9.53 Å². The molecule has 2 fully saturated rings. The molecule has 0 N–H and O–H groups in total. The first-order valence-corrected chi connectivity index (χ1v) is 8.32. The number of rotatable bonds is 1. The predicted molar refractivity (Wildman–Crippen MR) is 87.7 cm³/mol. The molecule has 1 aromatic heterocycles. The largest absolute Gasteiger partial charge is 0.378 e. The zero-order valence-electron chi connectivity index (χ0n) is 14.0. The quantitative estimate of drug-likeness (QED) is 0.774. The fourth-order valence-electron chi connectivity index (χ4n) is 3.11. The average Bonchev–Trinajstić information content (AvgIpc) is 2.80. The van der Waals surface area contributed by atoms with E-state index in [0.717, 1.165) is 43.4 Å². The van der Waals surface area contributed by atoms with Crippen molar-refractivity contribution in [1.29, 1.82) is 0 Å². The lowest BCUT2D eigenvalue weighted by molar-refractivity contribution is 0.0438. The first-order valence-electron chi connectivity index (χ1n) is 8.32. The maximum atomic E-state index is 12.6. The number of carbonyl (C=O) groups excluding carboxylic acids is 1. The van der Waals surface area contributed by atoms with Crippen molar-refractivity contribution in [2.75, 3.05) is 57.4 Å². The van der Waals surface area contributed by atoms with E-state index >= 15 is 0 Å². The summed E-state index contributed by atoms with van der Waals surface area (Å²) in [4.78, 5) is 27.7. The molecule has 0 aromatic carbocycles. The first-order chi connectivity index (χ1) is 11.1. The number of aromatic nitrogens is 2. The smallest absolute Gasteiger partial charge is 0.320 e. The second-order valence-electron chi connectivity index (χ2n) is 6.16. The Labute approximate surface area is 137 Å². The number of hydrogen-bond donors (Lipinski definition) is 0. The van der Waals surface area contributed by atoms with Gasteiger partial charge in [-0.15, -0.1) is 0 Å². The van der Waals surface area contributed by atoms with Crippen molar-refractivity contribution in [2.45, 2.75) is 20.3 Å². The van der Waals surface area contributed by atoms with E-state index in [1.165, 1.54) is 0 Å². The van der Waals surface area contributed by atoms with Gasteiger partial charge in [-0.1, -0.05) is 0 Å². The van der Waals surface area contributed by atoms with Gasteiger partial charge in [0.15, 0.2) is 0 Å². The summed E-state index contributed by atoms with van der Waals surface area (Å²) in [6.07, 6.45) is 0.937. The minimum absolute atomic E-state index is 0.136. The highest BCUT2D eigenvalue weighted by Crippen LogP contribution is 2.14. The lowest BCUT2D eigenvalue weighted by Crippen LogP contribution is -2.49. The van der Waals surface area contributed by atoms with E-state index in [1.54, 1.807) is 0 Å². The average molecular weight is 319 g/mol. The summed E-state index contributed by atoms with van der Waals surface area (Å²) in [5.41, 5.74) is 1.97. The van der Waals surface area contributed by atoms with Crippen LogP contribution in [0.4, 0.5) is 10.7 Å². The number of nitrogens with zero attached hydrogens (tertiary/aromatic N) is 5. The van der Waals surface area contributed by atoms with E-state index in [4.69, 9.17) is 4.74 Å². The van der Waals surface area contributed by atoms with Gasteiger partial charge in [0.05, 0.1) is 13.2 Å². The van der Waals surface area contributed by atoms with Gasteiger partial charge in [-0.3, -0.25) is 0 Å². The lowest BCUT2D eigenvalue weighted by atomic mass is 10.3. The molecular weight excluding hydrogens is 294 g/mol. The molecule has 2 saturated heterocycles. The summed E-state index contributed by atoms with van der Waals surface area (Å²) in [6.45, 7) is 9.82. The molecule has 3 rings (SSSR count). The molecule has 0 spiro atoms. The van der Waals surface area contributed by atoms with E-state index < -0.39 is 0 Å². The lowest BCUT2D eigenvalue weighted by Gasteiger charge is -2.32. The summed E-state index contributed by atoms with van der Waals surface area (Å²) < 4.78 is 5.32. The fraction of sp³-hybridized carbons (Fsp3) is 0.688. The molecular formula is C16H25N5O2. The topological polar surface area (TPSA) is 61.8 Å². The van der Waals surface area contributed by atoms with Gasteiger partial charge in [-0.05, 0) is 26.3 Å². The normalized spacial score (nSPS) is 19.7. The van der Waals surface area contributed by atoms with Gasteiger partial charge < -0.3 is 19.4 Å². The minimum Gasteiger partial charge on any atom is -0.378 e. The number of urea groups is 1. The number of hydrogen-bond acceptors (Lipinski definition) is 5. The van der Waals surface area contributed by atoms with Crippen LogP contribution >= 0.6 is 0 Å². The van der Waals surface area contributed by atoms with Crippen molar-refractivity contribution in [3.8, 4) is 0 Å². The summed E-state index contributed by atoms with van der Waals surface area (Å²) in [5.74, 6) is 0.781. The minimum atomic E-state index is 0.136. The Morgan fingerprint density at radius 3 is 2.30 bits per heavy atom. The molecule has 0 bridgehead atoms. The van der Waals surface area contributed by atoms with Crippen LogP contribution in [0.5, 0.6) is 0 Å². The molecule has 0 unspecified atom stereocenters. The van der Waals surface area contributed by atoms with Crippen LogP contribution in [-0.4, -0.2) is 78.3 Å². The van der Waals surface area contributed by atoms with Gasteiger partial charge in [-0.25, -0.2) is 14.8 Å². The highest BCUT2D eigenvalue weighted by atomic mass is 16.5. The molecule has 7 heteroatoms. The molecule has 0 atom stereocenters. The molecule has 2 amide bonds. The summed E-state index contributed by atoms with van der Waals surface area (Å²) in [5, 5.41) is 0. The second-order valence-corrected chi connectivity index (χ2v) is 6.16. The van der Waals surface area contributed by atoms with Crippen LogP contribution in [0.2, 0.25) is 0 Å². The second kappa shape index (κ2) is 7.12. The van der Waals surface area contributed by atoms with E-state index in [0.29, 0.717) is 32.8 Å². The van der Waals surface area contributed by atoms with Gasteiger partial charge in [-0.2, -0.15) is 0 Å². The third-order valence-corrected chi connectivity index (χ3v) is 4.30. The number of morpholine rings is 1. The monoisotopic (exact) mass is 319 g/mol. The molecule has 23 heavy (non-hydrogen) atoms. The zero-order chi connectivity index (χ0) is 16.2. The van der Waals surface area contributed by atoms with Gasteiger partial charge in [0.2, 0.25) is 5.95 Å². The summed E-state index contributed by atoms with van der Waals surface area (Å²) in [6, 6.07) is 2.12. The summed E-state index contributed by atoms with van der Waals surface area (Å²) in [7, 11) is 0. The van der Waals surface area contributed by atoms with E-state index in [2.05, 4.69) is 14.9 Å². The van der Waals surface area contributed by atoms with Crippen molar-refractivity contribution in [3.05, 3.63) is 17.5 Å². The highest BCUT2D eigenvalue weighted by Gasteiger charge is 2.25. The molecule has 0 saturated carbocycles. The SMILES string of the molecule is Cc1cc(C)nc(N2CCCN(C(=O)N3CCOCC3)CC2)n1. The van der Waals surface area contributed by atoms with Gasteiger partial charge >= 0.3 is 6.03 Å². The Bertz CT molecular complexity index is 539. The molecule has 3 heterocycles. The van der Waals surface area contributed by atoms with Crippen molar-refractivity contribution in [1.82, 2.24) is 19.8 Å². The van der Waals surface area contributed by atoms with Crippen LogP contribution in [-0.2, 0) is 4.74 Å². The molecule has 126 valence electrons. The fourth-order valence-corrected chi connectivity index (χ4v) is 3.11. The van der Waals surface area contributed by atoms with Gasteiger partial charge in [0.1, 0.15) is 0 Å². The maximum absolute atomic E-state index is 12.6. The maximum Gasteiger partial charge on any atom is 0.320 e. The Morgan fingerprint density at radius 1 is 0.957 bits per heavy atom. The van der Waals surface area contributed by atoms with E-state index in [9.17, 15) is 4.79 Å². The number of anilines is 1. The van der Waals surface area contributed by atoms with Crippen molar-refractivity contribution in [3.63, 3.8) is 0 Å². The first kappa shape index (κ1) is 16.0. The molecule has 7 nitrogen and oxygen atoms in total. The van der Waals surface area contributed by atoms with Crippen LogP contribution in [0.25, 0.3) is 0 Å². The van der Waals surface area contributed by atoms with Crippen molar-refractivity contribution in [2.24, 2.45) is 0 Å². The van der Waals surface area contributed by atoms with E-state index in [-0.39, 0.29) is 6.03 Å². The predicted octanol–water partition coefficient (Wildman–Crippen LogP) is 1.06. The molecule has 0 radical (unpaired) electrons. The van der Waals surface area contributed by atoms with E-state index in [1.807, 2.05) is 29.7 Å². The molecule has 2 aliphatic heterocycles. The molecule has 1 aromatic rings. The van der Waals surface area contributed by atoms with Crippen LogP contribution in [0.1, 0.15) is 17.8 Å². The zero-order valence-corrected chi connectivity index (χ0v) is 14.0.